The normalized spacial score (nSPS) is 24.8. The molecule has 17 heavy (non-hydrogen) atoms. The zero-order valence-corrected chi connectivity index (χ0v) is 9.88. The SMILES string of the molecule is NC(c1cc(F)ccc1F)C1CCS(=O)(=O)C1. The molecule has 2 atom stereocenters. The molecule has 2 N–H and O–H groups in total. The fourth-order valence-corrected chi connectivity index (χ4v) is 3.99. The van der Waals surface area contributed by atoms with E-state index in [4.69, 9.17) is 5.73 Å². The molecule has 0 radical (unpaired) electrons. The van der Waals surface area contributed by atoms with Gasteiger partial charge >= 0.3 is 0 Å². The summed E-state index contributed by atoms with van der Waals surface area (Å²) in [6.45, 7) is 0. The number of rotatable bonds is 2. The summed E-state index contributed by atoms with van der Waals surface area (Å²) in [5.41, 5.74) is 5.87. The van der Waals surface area contributed by atoms with Crippen molar-refractivity contribution in [3.8, 4) is 0 Å². The van der Waals surface area contributed by atoms with E-state index in [-0.39, 0.29) is 23.0 Å². The second-order valence-electron chi connectivity index (χ2n) is 4.35. The topological polar surface area (TPSA) is 60.2 Å². The van der Waals surface area contributed by atoms with Crippen molar-refractivity contribution in [2.75, 3.05) is 11.5 Å². The second kappa shape index (κ2) is 4.34. The van der Waals surface area contributed by atoms with Crippen molar-refractivity contribution in [2.24, 2.45) is 11.7 Å². The highest BCUT2D eigenvalue weighted by atomic mass is 32.2. The first-order chi connectivity index (χ1) is 7.89. The minimum atomic E-state index is -3.07. The first-order valence-electron chi connectivity index (χ1n) is 5.30. The van der Waals surface area contributed by atoms with Gasteiger partial charge in [-0.3, -0.25) is 0 Å². The molecule has 6 heteroatoms. The van der Waals surface area contributed by atoms with Gasteiger partial charge in [-0.2, -0.15) is 0 Å². The maximum Gasteiger partial charge on any atom is 0.150 e. The molecule has 1 fully saturated rings. The molecule has 1 aromatic carbocycles. The Morgan fingerprint density at radius 1 is 1.35 bits per heavy atom. The van der Waals surface area contributed by atoms with Crippen molar-refractivity contribution in [1.29, 1.82) is 0 Å². The first kappa shape index (κ1) is 12.4. The van der Waals surface area contributed by atoms with Gasteiger partial charge in [0.25, 0.3) is 0 Å². The van der Waals surface area contributed by atoms with Crippen LogP contribution in [0.2, 0.25) is 0 Å². The summed E-state index contributed by atoms with van der Waals surface area (Å²) in [6, 6.07) is 2.28. The molecule has 1 aliphatic rings. The lowest BCUT2D eigenvalue weighted by Crippen LogP contribution is -2.23. The Bertz CT molecular complexity index is 530. The van der Waals surface area contributed by atoms with E-state index in [1.54, 1.807) is 0 Å². The van der Waals surface area contributed by atoms with E-state index in [9.17, 15) is 17.2 Å². The fraction of sp³-hybridized carbons (Fsp3) is 0.455. The van der Waals surface area contributed by atoms with Crippen molar-refractivity contribution in [2.45, 2.75) is 12.5 Å². The van der Waals surface area contributed by atoms with Gasteiger partial charge in [-0.15, -0.1) is 0 Å². The molecule has 1 heterocycles. The quantitative estimate of drug-likeness (QED) is 0.875. The second-order valence-corrected chi connectivity index (χ2v) is 6.58. The molecule has 2 unspecified atom stereocenters. The summed E-state index contributed by atoms with van der Waals surface area (Å²) in [6.07, 6.45) is 0.402. The van der Waals surface area contributed by atoms with Crippen molar-refractivity contribution < 1.29 is 17.2 Å². The molecule has 1 saturated heterocycles. The highest BCUT2D eigenvalue weighted by molar-refractivity contribution is 7.91. The van der Waals surface area contributed by atoms with E-state index < -0.39 is 27.5 Å². The van der Waals surface area contributed by atoms with Gasteiger partial charge in [0.15, 0.2) is 9.84 Å². The minimum absolute atomic E-state index is 0.0482. The van der Waals surface area contributed by atoms with Gasteiger partial charge in [0.2, 0.25) is 0 Å². The van der Waals surface area contributed by atoms with Gasteiger partial charge in [0, 0.05) is 11.6 Å². The first-order valence-corrected chi connectivity index (χ1v) is 7.12. The zero-order valence-electron chi connectivity index (χ0n) is 9.07. The van der Waals surface area contributed by atoms with Crippen LogP contribution in [0.3, 0.4) is 0 Å². The van der Waals surface area contributed by atoms with E-state index in [0.717, 1.165) is 18.2 Å². The summed E-state index contributed by atoms with van der Waals surface area (Å²) >= 11 is 0. The monoisotopic (exact) mass is 261 g/mol. The Kier molecular flexibility index (Phi) is 3.18. The molecule has 0 amide bonds. The number of nitrogens with two attached hydrogens (primary N) is 1. The van der Waals surface area contributed by atoms with Crippen LogP contribution in [0, 0.1) is 17.6 Å². The predicted octanol–water partition coefficient (Wildman–Crippen LogP) is 1.40. The number of benzene rings is 1. The number of hydrogen-bond donors (Lipinski definition) is 1. The average molecular weight is 261 g/mol. The van der Waals surface area contributed by atoms with Gasteiger partial charge < -0.3 is 5.73 Å². The Balaban J connectivity index is 2.26. The van der Waals surface area contributed by atoms with Gasteiger partial charge in [-0.25, -0.2) is 17.2 Å². The van der Waals surface area contributed by atoms with Crippen LogP contribution in [0.25, 0.3) is 0 Å². The average Bonchev–Trinajstić information content (AvgIpc) is 2.61. The van der Waals surface area contributed by atoms with Gasteiger partial charge in [-0.05, 0) is 30.5 Å². The van der Waals surface area contributed by atoms with E-state index in [1.807, 2.05) is 0 Å². The molecule has 0 aromatic heterocycles. The molecule has 1 aliphatic heterocycles. The molecule has 0 aliphatic carbocycles. The number of sulfone groups is 1. The highest BCUT2D eigenvalue weighted by Crippen LogP contribution is 2.31. The number of hydrogen-bond acceptors (Lipinski definition) is 3. The van der Waals surface area contributed by atoms with E-state index in [2.05, 4.69) is 0 Å². The molecule has 94 valence electrons. The molecule has 0 saturated carbocycles. The van der Waals surface area contributed by atoms with Crippen LogP contribution >= 0.6 is 0 Å². The van der Waals surface area contributed by atoms with Crippen LogP contribution in [0.1, 0.15) is 18.0 Å². The zero-order chi connectivity index (χ0) is 12.6. The lowest BCUT2D eigenvalue weighted by molar-refractivity contribution is 0.455. The summed E-state index contributed by atoms with van der Waals surface area (Å²) in [4.78, 5) is 0. The lowest BCUT2D eigenvalue weighted by Gasteiger charge is -2.18. The van der Waals surface area contributed by atoms with Crippen LogP contribution in [0.5, 0.6) is 0 Å². The Morgan fingerprint density at radius 3 is 2.65 bits per heavy atom. The molecular weight excluding hydrogens is 248 g/mol. The molecule has 0 spiro atoms. The van der Waals surface area contributed by atoms with Gasteiger partial charge in [0.1, 0.15) is 11.6 Å². The highest BCUT2D eigenvalue weighted by Gasteiger charge is 2.33. The third kappa shape index (κ3) is 2.63. The Labute approximate surface area is 98.5 Å². The molecule has 2 rings (SSSR count). The van der Waals surface area contributed by atoms with Gasteiger partial charge in [0.05, 0.1) is 11.5 Å². The van der Waals surface area contributed by atoms with E-state index in [0.29, 0.717) is 6.42 Å². The summed E-state index contributed by atoms with van der Waals surface area (Å²) in [7, 11) is -3.07. The molecule has 3 nitrogen and oxygen atoms in total. The van der Waals surface area contributed by atoms with Crippen LogP contribution in [-0.4, -0.2) is 19.9 Å². The minimum Gasteiger partial charge on any atom is -0.324 e. The van der Waals surface area contributed by atoms with Crippen LogP contribution in [0.15, 0.2) is 18.2 Å². The summed E-state index contributed by atoms with van der Waals surface area (Å²) < 4.78 is 49.1. The molecular formula is C11H13F2NO2S. The molecule has 0 bridgehead atoms. The van der Waals surface area contributed by atoms with Crippen LogP contribution < -0.4 is 5.73 Å². The van der Waals surface area contributed by atoms with Crippen molar-refractivity contribution >= 4 is 9.84 Å². The van der Waals surface area contributed by atoms with Crippen molar-refractivity contribution in [3.05, 3.63) is 35.4 Å². The predicted molar refractivity (Wildman–Crippen MR) is 60.0 cm³/mol. The largest absolute Gasteiger partial charge is 0.324 e. The number of halogens is 2. The third-order valence-corrected chi connectivity index (χ3v) is 4.89. The fourth-order valence-electron chi connectivity index (χ4n) is 2.13. The van der Waals surface area contributed by atoms with Crippen molar-refractivity contribution in [3.63, 3.8) is 0 Å². The standard InChI is InChI=1S/C11H13F2NO2S/c12-8-1-2-10(13)9(5-8)11(14)7-3-4-17(15,16)6-7/h1-2,5,7,11H,3-4,6,14H2. The summed E-state index contributed by atoms with van der Waals surface area (Å²) in [5.74, 6) is -1.48. The summed E-state index contributed by atoms with van der Waals surface area (Å²) in [5, 5.41) is 0. The maximum absolute atomic E-state index is 13.5. The third-order valence-electron chi connectivity index (χ3n) is 3.09. The smallest absolute Gasteiger partial charge is 0.150 e. The van der Waals surface area contributed by atoms with Gasteiger partial charge in [-0.1, -0.05) is 0 Å². The van der Waals surface area contributed by atoms with Crippen LogP contribution in [0.4, 0.5) is 8.78 Å². The van der Waals surface area contributed by atoms with Crippen LogP contribution in [-0.2, 0) is 9.84 Å². The molecule has 1 aromatic rings. The Hall–Kier alpha value is -1.01. The van der Waals surface area contributed by atoms with Crippen molar-refractivity contribution in [1.82, 2.24) is 0 Å². The van der Waals surface area contributed by atoms with E-state index >= 15 is 0 Å². The Morgan fingerprint density at radius 2 is 2.06 bits per heavy atom. The maximum atomic E-state index is 13.5. The van der Waals surface area contributed by atoms with E-state index in [1.165, 1.54) is 0 Å². The lowest BCUT2D eigenvalue weighted by atomic mass is 9.93.